The molecule has 1 saturated carbocycles. The Labute approximate surface area is 153 Å². The van der Waals surface area contributed by atoms with Gasteiger partial charge >= 0.3 is 0 Å². The van der Waals surface area contributed by atoms with Crippen molar-refractivity contribution in [3.05, 3.63) is 28.8 Å². The van der Waals surface area contributed by atoms with Crippen molar-refractivity contribution in [2.75, 3.05) is 5.32 Å². The smallest absolute Gasteiger partial charge is 0.171 e. The number of benzene rings is 1. The average Bonchev–Trinajstić information content (AvgIpc) is 2.46. The van der Waals surface area contributed by atoms with E-state index >= 15 is 0 Å². The van der Waals surface area contributed by atoms with Crippen molar-refractivity contribution in [2.45, 2.75) is 79.7 Å². The molecule has 134 valence electrons. The maximum atomic E-state index is 5.66. The zero-order valence-corrected chi connectivity index (χ0v) is 17.1. The summed E-state index contributed by atoms with van der Waals surface area (Å²) in [5.41, 5.74) is 5.65. The molecule has 0 radical (unpaired) electrons. The average molecular weight is 347 g/mol. The third-order valence-corrected chi connectivity index (χ3v) is 5.39. The van der Waals surface area contributed by atoms with Crippen LogP contribution in [-0.2, 0) is 12.8 Å². The standard InChI is InChI=1S/C21H34N2S/c1-7-16-9-14(3)10-17(8-2)19(16)23-20(24)22-18-11-15(4)12-21(5,6)13-18/h9-10,15,18H,7-8,11-13H2,1-6H3,(H2,22,23,24). The van der Waals surface area contributed by atoms with Crippen LogP contribution in [0, 0.1) is 18.3 Å². The van der Waals surface area contributed by atoms with E-state index in [-0.39, 0.29) is 0 Å². The Bertz CT molecular complexity index is 566. The van der Waals surface area contributed by atoms with E-state index in [2.05, 4.69) is 64.3 Å². The lowest BCUT2D eigenvalue weighted by Crippen LogP contribution is -2.44. The molecule has 0 saturated heterocycles. The van der Waals surface area contributed by atoms with Crippen molar-refractivity contribution >= 4 is 23.0 Å². The number of rotatable bonds is 4. The number of anilines is 1. The second-order valence-corrected chi connectivity index (χ2v) is 8.78. The Balaban J connectivity index is 2.10. The number of thiocarbonyl (C=S) groups is 1. The van der Waals surface area contributed by atoms with Gasteiger partial charge in [-0.1, -0.05) is 52.3 Å². The Morgan fingerprint density at radius 1 is 1.17 bits per heavy atom. The first-order valence-electron chi connectivity index (χ1n) is 9.44. The summed E-state index contributed by atoms with van der Waals surface area (Å²) in [6.45, 7) is 13.7. The molecule has 1 aliphatic carbocycles. The van der Waals surface area contributed by atoms with Gasteiger partial charge in [-0.2, -0.15) is 0 Å². The lowest BCUT2D eigenvalue weighted by molar-refractivity contribution is 0.162. The molecule has 2 rings (SSSR count). The maximum absolute atomic E-state index is 5.66. The van der Waals surface area contributed by atoms with Crippen LogP contribution in [0.2, 0.25) is 0 Å². The topological polar surface area (TPSA) is 24.1 Å². The summed E-state index contributed by atoms with van der Waals surface area (Å²) in [7, 11) is 0. The minimum absolute atomic E-state index is 0.401. The molecule has 2 N–H and O–H groups in total. The highest BCUT2D eigenvalue weighted by Crippen LogP contribution is 2.38. The molecule has 1 aromatic carbocycles. The summed E-state index contributed by atoms with van der Waals surface area (Å²) < 4.78 is 0. The highest BCUT2D eigenvalue weighted by atomic mass is 32.1. The van der Waals surface area contributed by atoms with Gasteiger partial charge in [0.2, 0.25) is 0 Å². The lowest BCUT2D eigenvalue weighted by Gasteiger charge is -2.39. The van der Waals surface area contributed by atoms with Gasteiger partial charge in [0, 0.05) is 11.7 Å². The molecule has 0 spiro atoms. The van der Waals surface area contributed by atoms with E-state index in [9.17, 15) is 0 Å². The van der Waals surface area contributed by atoms with Crippen LogP contribution >= 0.6 is 12.2 Å². The molecule has 0 amide bonds. The zero-order valence-electron chi connectivity index (χ0n) is 16.3. The van der Waals surface area contributed by atoms with Gasteiger partial charge in [-0.05, 0) is 73.7 Å². The normalized spacial score (nSPS) is 22.9. The molecule has 1 aromatic rings. The van der Waals surface area contributed by atoms with Crippen molar-refractivity contribution in [3.8, 4) is 0 Å². The third-order valence-electron chi connectivity index (χ3n) is 5.17. The van der Waals surface area contributed by atoms with E-state index in [0.717, 1.165) is 23.9 Å². The van der Waals surface area contributed by atoms with Gasteiger partial charge in [0.05, 0.1) is 0 Å². The fourth-order valence-corrected chi connectivity index (χ4v) is 4.72. The largest absolute Gasteiger partial charge is 0.360 e. The molecule has 1 fully saturated rings. The summed E-state index contributed by atoms with van der Waals surface area (Å²) in [6.07, 6.45) is 5.75. The van der Waals surface area contributed by atoms with Gasteiger partial charge < -0.3 is 10.6 Å². The van der Waals surface area contributed by atoms with Crippen LogP contribution in [0.4, 0.5) is 5.69 Å². The van der Waals surface area contributed by atoms with Crippen molar-refractivity contribution < 1.29 is 0 Å². The molecule has 0 aliphatic heterocycles. The van der Waals surface area contributed by atoms with Crippen LogP contribution in [0.1, 0.15) is 70.6 Å². The predicted molar refractivity (Wildman–Crippen MR) is 110 cm³/mol. The zero-order chi connectivity index (χ0) is 17.9. The van der Waals surface area contributed by atoms with Crippen LogP contribution in [-0.4, -0.2) is 11.2 Å². The Morgan fingerprint density at radius 2 is 1.75 bits per heavy atom. The molecular formula is C21H34N2S. The number of nitrogens with one attached hydrogen (secondary N) is 2. The van der Waals surface area contributed by atoms with Crippen LogP contribution in [0.5, 0.6) is 0 Å². The van der Waals surface area contributed by atoms with Gasteiger partial charge in [-0.3, -0.25) is 0 Å². The highest BCUT2D eigenvalue weighted by Gasteiger charge is 2.32. The molecule has 0 aromatic heterocycles. The molecule has 0 bridgehead atoms. The highest BCUT2D eigenvalue weighted by molar-refractivity contribution is 7.80. The minimum atomic E-state index is 0.401. The van der Waals surface area contributed by atoms with E-state index in [0.29, 0.717) is 11.5 Å². The fraction of sp³-hybridized carbons (Fsp3) is 0.667. The maximum Gasteiger partial charge on any atom is 0.171 e. The van der Waals surface area contributed by atoms with Crippen LogP contribution in [0.25, 0.3) is 0 Å². The summed E-state index contributed by atoms with van der Waals surface area (Å²) in [4.78, 5) is 0. The van der Waals surface area contributed by atoms with E-state index in [1.807, 2.05) is 0 Å². The number of hydrogen-bond donors (Lipinski definition) is 2. The second kappa shape index (κ2) is 7.86. The molecule has 24 heavy (non-hydrogen) atoms. The van der Waals surface area contributed by atoms with E-state index in [1.165, 1.54) is 41.6 Å². The monoisotopic (exact) mass is 346 g/mol. The molecule has 2 unspecified atom stereocenters. The van der Waals surface area contributed by atoms with Gasteiger partial charge in [0.15, 0.2) is 5.11 Å². The second-order valence-electron chi connectivity index (χ2n) is 8.37. The molecule has 2 atom stereocenters. The Kier molecular flexibility index (Phi) is 6.30. The minimum Gasteiger partial charge on any atom is -0.360 e. The van der Waals surface area contributed by atoms with Crippen molar-refractivity contribution in [1.29, 1.82) is 0 Å². The number of hydrogen-bond acceptors (Lipinski definition) is 1. The number of aryl methyl sites for hydroxylation is 3. The summed E-state index contributed by atoms with van der Waals surface area (Å²) >= 11 is 5.66. The van der Waals surface area contributed by atoms with Crippen molar-refractivity contribution in [2.24, 2.45) is 11.3 Å². The Hall–Kier alpha value is -1.09. The fourth-order valence-electron chi connectivity index (χ4n) is 4.45. The van der Waals surface area contributed by atoms with Crippen LogP contribution in [0.15, 0.2) is 12.1 Å². The van der Waals surface area contributed by atoms with E-state index < -0.39 is 0 Å². The first kappa shape index (κ1) is 19.2. The van der Waals surface area contributed by atoms with E-state index in [1.54, 1.807) is 0 Å². The van der Waals surface area contributed by atoms with Gasteiger partial charge in [0.25, 0.3) is 0 Å². The predicted octanol–water partition coefficient (Wildman–Crippen LogP) is 5.62. The molecule has 1 aliphatic rings. The summed E-state index contributed by atoms with van der Waals surface area (Å²) in [6, 6.07) is 5.02. The summed E-state index contributed by atoms with van der Waals surface area (Å²) in [5.74, 6) is 0.755. The quantitative estimate of drug-likeness (QED) is 0.692. The van der Waals surface area contributed by atoms with Gasteiger partial charge in [0.1, 0.15) is 0 Å². The van der Waals surface area contributed by atoms with Crippen LogP contribution < -0.4 is 10.6 Å². The molecule has 3 heteroatoms. The SMILES string of the molecule is CCc1cc(C)cc(CC)c1NC(=S)NC1CC(C)CC(C)(C)C1. The van der Waals surface area contributed by atoms with Crippen molar-refractivity contribution in [3.63, 3.8) is 0 Å². The first-order valence-corrected chi connectivity index (χ1v) is 9.84. The van der Waals surface area contributed by atoms with E-state index in [4.69, 9.17) is 12.2 Å². The molecule has 2 nitrogen and oxygen atoms in total. The lowest BCUT2D eigenvalue weighted by atomic mass is 9.71. The molecule has 0 heterocycles. The third kappa shape index (κ3) is 4.95. The van der Waals surface area contributed by atoms with Gasteiger partial charge in [-0.15, -0.1) is 0 Å². The first-order chi connectivity index (χ1) is 11.2. The van der Waals surface area contributed by atoms with Crippen LogP contribution in [0.3, 0.4) is 0 Å². The van der Waals surface area contributed by atoms with Crippen molar-refractivity contribution in [1.82, 2.24) is 5.32 Å². The Morgan fingerprint density at radius 3 is 2.25 bits per heavy atom. The van der Waals surface area contributed by atoms with Gasteiger partial charge in [-0.25, -0.2) is 0 Å². The summed E-state index contributed by atoms with van der Waals surface area (Å²) in [5, 5.41) is 7.89. The molecular weight excluding hydrogens is 312 g/mol.